The van der Waals surface area contributed by atoms with Crippen molar-refractivity contribution in [2.75, 3.05) is 13.1 Å². The van der Waals surface area contributed by atoms with E-state index in [2.05, 4.69) is 12.2 Å². The molecule has 0 bridgehead atoms. The number of piperidine rings is 1. The van der Waals surface area contributed by atoms with Crippen LogP contribution in [0.5, 0.6) is 0 Å². The molecule has 1 aliphatic heterocycles. The molecule has 0 saturated carbocycles. The van der Waals surface area contributed by atoms with E-state index in [1.807, 2.05) is 19.1 Å². The predicted octanol–water partition coefficient (Wildman–Crippen LogP) is 2.52. The predicted molar refractivity (Wildman–Crippen MR) is 88.1 cm³/mol. The average Bonchev–Trinajstić information content (AvgIpc) is 2.90. The quantitative estimate of drug-likeness (QED) is 0.871. The molecular weight excluding hydrogens is 300 g/mol. The van der Waals surface area contributed by atoms with Crippen LogP contribution in [0.1, 0.15) is 45.1 Å². The van der Waals surface area contributed by atoms with Gasteiger partial charge in [0.1, 0.15) is 11.5 Å². The van der Waals surface area contributed by atoms with Crippen molar-refractivity contribution in [1.29, 1.82) is 0 Å². The lowest BCUT2D eigenvalue weighted by molar-refractivity contribution is 0.197. The zero-order valence-electron chi connectivity index (χ0n) is 14.0. The normalized spacial score (nSPS) is 24.0. The van der Waals surface area contributed by atoms with E-state index in [9.17, 15) is 8.42 Å². The summed E-state index contributed by atoms with van der Waals surface area (Å²) in [5.41, 5.74) is 0. The maximum absolute atomic E-state index is 12.3. The lowest BCUT2D eigenvalue weighted by Crippen LogP contribution is -2.51. The summed E-state index contributed by atoms with van der Waals surface area (Å²) in [4.78, 5) is 0. The Morgan fingerprint density at radius 2 is 2.14 bits per heavy atom. The number of aryl methyl sites for hydroxylation is 1. The summed E-state index contributed by atoms with van der Waals surface area (Å²) in [5.74, 6) is 2.20. The summed E-state index contributed by atoms with van der Waals surface area (Å²) in [6, 6.07) is 4.29. The molecule has 5 nitrogen and oxygen atoms in total. The molecule has 1 aliphatic rings. The van der Waals surface area contributed by atoms with Crippen LogP contribution in [0.2, 0.25) is 0 Å². The number of hydrogen-bond acceptors (Lipinski definition) is 4. The van der Waals surface area contributed by atoms with Gasteiger partial charge in [-0.05, 0) is 45.2 Å². The van der Waals surface area contributed by atoms with Gasteiger partial charge in [0.2, 0.25) is 10.0 Å². The Balaban J connectivity index is 1.95. The van der Waals surface area contributed by atoms with Crippen LogP contribution in [0, 0.1) is 12.8 Å². The zero-order valence-corrected chi connectivity index (χ0v) is 14.8. The fourth-order valence-electron chi connectivity index (χ4n) is 3.02. The highest BCUT2D eigenvalue weighted by Gasteiger charge is 2.35. The first-order chi connectivity index (χ1) is 10.3. The van der Waals surface area contributed by atoms with E-state index in [0.29, 0.717) is 31.6 Å². The second-order valence-corrected chi connectivity index (χ2v) is 8.90. The number of nitrogens with zero attached hydrogens (tertiary/aromatic N) is 1. The molecule has 2 unspecified atom stereocenters. The Kier molecular flexibility index (Phi) is 5.69. The van der Waals surface area contributed by atoms with Crippen molar-refractivity contribution in [2.24, 2.45) is 5.92 Å². The van der Waals surface area contributed by atoms with Gasteiger partial charge in [-0.1, -0.05) is 13.3 Å². The van der Waals surface area contributed by atoms with E-state index >= 15 is 0 Å². The minimum Gasteiger partial charge on any atom is -0.465 e. The molecule has 1 fully saturated rings. The van der Waals surface area contributed by atoms with Gasteiger partial charge in [-0.15, -0.1) is 0 Å². The highest BCUT2D eigenvalue weighted by molar-refractivity contribution is 7.89. The van der Waals surface area contributed by atoms with Crippen LogP contribution >= 0.6 is 0 Å². The minimum absolute atomic E-state index is 0.342. The van der Waals surface area contributed by atoms with Crippen molar-refractivity contribution in [2.45, 2.75) is 58.4 Å². The van der Waals surface area contributed by atoms with Gasteiger partial charge in [0.05, 0.1) is 11.8 Å². The molecule has 0 aliphatic carbocycles. The number of sulfonamides is 1. The van der Waals surface area contributed by atoms with Gasteiger partial charge in [0.15, 0.2) is 0 Å². The third-order valence-corrected chi connectivity index (χ3v) is 6.75. The first-order valence-electron chi connectivity index (χ1n) is 8.12. The van der Waals surface area contributed by atoms with E-state index in [1.54, 1.807) is 18.2 Å². The summed E-state index contributed by atoms with van der Waals surface area (Å²) in [6.45, 7) is 9.48. The van der Waals surface area contributed by atoms with Crippen molar-refractivity contribution < 1.29 is 12.8 Å². The van der Waals surface area contributed by atoms with Crippen molar-refractivity contribution in [1.82, 2.24) is 9.62 Å². The highest BCUT2D eigenvalue weighted by atomic mass is 32.2. The third-order valence-electron chi connectivity index (χ3n) is 4.51. The van der Waals surface area contributed by atoms with Gasteiger partial charge in [0.25, 0.3) is 0 Å². The smallest absolute Gasteiger partial charge is 0.216 e. The molecule has 2 rings (SSSR count). The summed E-state index contributed by atoms with van der Waals surface area (Å²) in [7, 11) is -3.14. The van der Waals surface area contributed by atoms with Crippen LogP contribution in [0.25, 0.3) is 0 Å². The topological polar surface area (TPSA) is 62.6 Å². The molecule has 1 aromatic heterocycles. The van der Waals surface area contributed by atoms with Gasteiger partial charge >= 0.3 is 0 Å². The van der Waals surface area contributed by atoms with Crippen molar-refractivity contribution in [3.8, 4) is 0 Å². The molecule has 1 N–H and O–H groups in total. The number of hydrogen-bond donors (Lipinski definition) is 1. The Labute approximate surface area is 134 Å². The van der Waals surface area contributed by atoms with Gasteiger partial charge in [-0.3, -0.25) is 0 Å². The fourth-order valence-corrected chi connectivity index (χ4v) is 4.38. The van der Waals surface area contributed by atoms with E-state index in [0.717, 1.165) is 24.4 Å². The summed E-state index contributed by atoms with van der Waals surface area (Å²) in [6.07, 6.45) is 1.82. The Morgan fingerprint density at radius 3 is 2.68 bits per heavy atom. The van der Waals surface area contributed by atoms with E-state index in [4.69, 9.17) is 4.42 Å². The van der Waals surface area contributed by atoms with Crippen molar-refractivity contribution in [3.05, 3.63) is 23.7 Å². The van der Waals surface area contributed by atoms with Crippen LogP contribution in [0.3, 0.4) is 0 Å². The van der Waals surface area contributed by atoms with E-state index in [1.165, 1.54) is 0 Å². The molecule has 1 aromatic rings. The number of furan rings is 1. The molecule has 0 spiro atoms. The minimum atomic E-state index is -3.14. The van der Waals surface area contributed by atoms with Gasteiger partial charge in [-0.25, -0.2) is 12.7 Å². The lowest BCUT2D eigenvalue weighted by atomic mass is 9.91. The van der Waals surface area contributed by atoms with Gasteiger partial charge < -0.3 is 9.73 Å². The molecular formula is C16H28N2O3S. The summed E-state index contributed by atoms with van der Waals surface area (Å²) >= 11 is 0. The maximum Gasteiger partial charge on any atom is 0.216 e. The van der Waals surface area contributed by atoms with Crippen LogP contribution in [0.4, 0.5) is 0 Å². The standard InChI is InChI=1S/C16H28N2O3S/c1-5-14-11-18(22(19,20)12(2)3)9-8-16(14)17-10-15-7-6-13(4)21-15/h6-7,12,14,16-17H,5,8-11H2,1-4H3. The van der Waals surface area contributed by atoms with E-state index in [-0.39, 0.29) is 5.25 Å². The second-order valence-electron chi connectivity index (χ2n) is 6.41. The molecule has 0 amide bonds. The second kappa shape index (κ2) is 7.15. The largest absolute Gasteiger partial charge is 0.465 e. The zero-order chi connectivity index (χ0) is 16.3. The molecule has 0 aromatic carbocycles. The molecule has 22 heavy (non-hydrogen) atoms. The first-order valence-corrected chi connectivity index (χ1v) is 9.62. The molecule has 126 valence electrons. The maximum atomic E-state index is 12.3. The molecule has 1 saturated heterocycles. The van der Waals surface area contributed by atoms with Gasteiger partial charge in [-0.2, -0.15) is 0 Å². The van der Waals surface area contributed by atoms with Crippen molar-refractivity contribution >= 4 is 10.0 Å². The fraction of sp³-hybridized carbons (Fsp3) is 0.750. The average molecular weight is 328 g/mol. The Morgan fingerprint density at radius 1 is 1.41 bits per heavy atom. The highest BCUT2D eigenvalue weighted by Crippen LogP contribution is 2.24. The molecule has 0 radical (unpaired) electrons. The Bertz CT molecular complexity index is 580. The number of rotatable bonds is 6. The summed E-state index contributed by atoms with van der Waals surface area (Å²) < 4.78 is 31.9. The number of nitrogens with one attached hydrogen (secondary N) is 1. The third kappa shape index (κ3) is 3.91. The molecule has 6 heteroatoms. The monoisotopic (exact) mass is 328 g/mol. The lowest BCUT2D eigenvalue weighted by Gasteiger charge is -2.38. The summed E-state index contributed by atoms with van der Waals surface area (Å²) in [5, 5.41) is 3.19. The van der Waals surface area contributed by atoms with E-state index < -0.39 is 10.0 Å². The van der Waals surface area contributed by atoms with Crippen LogP contribution in [-0.2, 0) is 16.6 Å². The van der Waals surface area contributed by atoms with Crippen LogP contribution in [0.15, 0.2) is 16.5 Å². The molecule has 2 atom stereocenters. The van der Waals surface area contributed by atoms with Crippen LogP contribution in [-0.4, -0.2) is 37.1 Å². The van der Waals surface area contributed by atoms with Crippen LogP contribution < -0.4 is 5.32 Å². The Hall–Kier alpha value is -0.850. The SMILES string of the molecule is CCC1CN(S(=O)(=O)C(C)C)CCC1NCc1ccc(C)o1. The first kappa shape index (κ1) is 17.5. The molecule has 2 heterocycles. The van der Waals surface area contributed by atoms with Gasteiger partial charge in [0, 0.05) is 19.1 Å². The van der Waals surface area contributed by atoms with Crippen molar-refractivity contribution in [3.63, 3.8) is 0 Å².